The Bertz CT molecular complexity index is 532. The molecule has 0 aromatic rings. The van der Waals surface area contributed by atoms with Crippen molar-refractivity contribution in [1.29, 1.82) is 0 Å². The molecule has 3 aliphatic rings. The molecule has 0 radical (unpaired) electrons. The minimum absolute atomic E-state index is 0.0697. The maximum atomic E-state index is 13.6. The minimum Gasteiger partial charge on any atom is -0.391 e. The number of hydrogen-bond donors (Lipinski definition) is 3. The number of aliphatic hydroxyl groups excluding tert-OH is 1. The summed E-state index contributed by atoms with van der Waals surface area (Å²) in [5, 5.41) is 12.8. The van der Waals surface area contributed by atoms with Crippen LogP contribution in [0.4, 0.5) is 13.2 Å². The van der Waals surface area contributed by atoms with E-state index in [0.717, 1.165) is 19.4 Å². The second kappa shape index (κ2) is 6.95. The number of nitrogens with two attached hydrogens (primary N) is 1. The van der Waals surface area contributed by atoms with Gasteiger partial charge in [0.15, 0.2) is 5.60 Å². The molecule has 2 aliphatic carbocycles. The Balaban J connectivity index is 1.60. The van der Waals surface area contributed by atoms with Gasteiger partial charge in [-0.3, -0.25) is 4.79 Å². The van der Waals surface area contributed by atoms with Gasteiger partial charge < -0.3 is 20.9 Å². The van der Waals surface area contributed by atoms with Crippen molar-refractivity contribution in [2.75, 3.05) is 13.2 Å². The number of carbonyl (C=O) groups excluding carboxylic acids is 1. The summed E-state index contributed by atoms with van der Waals surface area (Å²) < 4.78 is 46.0. The Morgan fingerprint density at radius 2 is 1.96 bits per heavy atom. The molecular formula is C18H29F3N2O3. The fourth-order valence-corrected chi connectivity index (χ4v) is 5.04. The highest BCUT2D eigenvalue weighted by Gasteiger charge is 2.63. The number of hydrogen-bond acceptors (Lipinski definition) is 4. The van der Waals surface area contributed by atoms with Crippen molar-refractivity contribution in [2.45, 2.75) is 75.3 Å². The van der Waals surface area contributed by atoms with E-state index in [0.29, 0.717) is 25.2 Å². The van der Waals surface area contributed by atoms with Crippen LogP contribution in [0.2, 0.25) is 0 Å². The second-order valence-electron chi connectivity index (χ2n) is 8.48. The molecule has 150 valence electrons. The van der Waals surface area contributed by atoms with E-state index >= 15 is 0 Å². The summed E-state index contributed by atoms with van der Waals surface area (Å²) >= 11 is 0. The Morgan fingerprint density at radius 3 is 2.50 bits per heavy atom. The Labute approximate surface area is 151 Å². The molecule has 4 N–H and O–H groups in total. The summed E-state index contributed by atoms with van der Waals surface area (Å²) in [5.41, 5.74) is 3.20. The number of alkyl halides is 3. The number of halogens is 3. The molecule has 3 fully saturated rings. The summed E-state index contributed by atoms with van der Waals surface area (Å²) in [6, 6.07) is 0. The first-order valence-electron chi connectivity index (χ1n) is 9.52. The lowest BCUT2D eigenvalue weighted by Gasteiger charge is -2.42. The lowest BCUT2D eigenvalue weighted by molar-refractivity contribution is -0.294. The molecule has 2 saturated carbocycles. The average Bonchev–Trinajstić information content (AvgIpc) is 3.25. The molecule has 3 rings (SSSR count). The molecule has 1 amide bonds. The van der Waals surface area contributed by atoms with Gasteiger partial charge in [0.25, 0.3) is 0 Å². The lowest BCUT2D eigenvalue weighted by atomic mass is 9.74. The van der Waals surface area contributed by atoms with E-state index in [1.54, 1.807) is 0 Å². The topological polar surface area (TPSA) is 84.6 Å². The molecule has 0 aromatic heterocycles. The predicted octanol–water partition coefficient (Wildman–Crippen LogP) is 2.12. The quantitative estimate of drug-likeness (QED) is 0.684. The Kier molecular flexibility index (Phi) is 5.31. The van der Waals surface area contributed by atoms with Gasteiger partial charge in [0.1, 0.15) is 0 Å². The van der Waals surface area contributed by atoms with Gasteiger partial charge in [-0.05, 0) is 70.3 Å². The van der Waals surface area contributed by atoms with Gasteiger partial charge in [-0.1, -0.05) is 0 Å². The van der Waals surface area contributed by atoms with Crippen molar-refractivity contribution in [3.8, 4) is 0 Å². The Morgan fingerprint density at radius 1 is 1.31 bits per heavy atom. The van der Waals surface area contributed by atoms with Gasteiger partial charge >= 0.3 is 6.18 Å². The number of aliphatic hydroxyl groups is 1. The third-order valence-corrected chi connectivity index (χ3v) is 6.64. The van der Waals surface area contributed by atoms with Crippen LogP contribution in [-0.4, -0.2) is 47.6 Å². The van der Waals surface area contributed by atoms with Gasteiger partial charge in [0, 0.05) is 11.5 Å². The molecule has 8 heteroatoms. The number of primary amides is 1. The summed E-state index contributed by atoms with van der Waals surface area (Å²) in [4.78, 5) is 11.5. The third kappa shape index (κ3) is 3.73. The van der Waals surface area contributed by atoms with Gasteiger partial charge in [-0.2, -0.15) is 13.2 Å². The zero-order chi connectivity index (χ0) is 19.2. The Hall–Kier alpha value is -0.860. The van der Waals surface area contributed by atoms with Crippen LogP contribution in [0.1, 0.15) is 51.9 Å². The largest absolute Gasteiger partial charge is 0.417 e. The fourth-order valence-electron chi connectivity index (χ4n) is 5.04. The van der Waals surface area contributed by atoms with E-state index in [2.05, 4.69) is 5.32 Å². The average molecular weight is 378 g/mol. The SMILES string of the molecule is C[C@H](O)COC1(C(F)(F)F)CCC(C2CC23CC(C(N)=O)CCN3)CC1. The van der Waals surface area contributed by atoms with Crippen molar-refractivity contribution in [1.82, 2.24) is 5.32 Å². The molecule has 1 aliphatic heterocycles. The molecule has 26 heavy (non-hydrogen) atoms. The lowest BCUT2D eigenvalue weighted by Crippen LogP contribution is -2.52. The van der Waals surface area contributed by atoms with Crippen molar-refractivity contribution >= 4 is 5.91 Å². The maximum Gasteiger partial charge on any atom is 0.417 e. The molecular weight excluding hydrogens is 349 g/mol. The normalized spacial score (nSPS) is 41.8. The number of piperidine rings is 1. The standard InChI is InChI=1S/C18H29F3N2O3/c1-11(24)10-26-17(18(19,20)21)5-2-12(3-6-17)14-9-16(14)8-13(15(22)25)4-7-23-16/h11-14,23-24H,2-10H2,1H3,(H2,22,25)/t11-,12?,13?,14?,16?,17?/m0/s1. The molecule has 0 bridgehead atoms. The van der Waals surface area contributed by atoms with Gasteiger partial charge in [0.05, 0.1) is 12.7 Å². The van der Waals surface area contributed by atoms with Crippen LogP contribution in [0.3, 0.4) is 0 Å². The predicted molar refractivity (Wildman–Crippen MR) is 89.1 cm³/mol. The van der Waals surface area contributed by atoms with Crippen molar-refractivity contribution in [3.05, 3.63) is 0 Å². The summed E-state index contributed by atoms with van der Waals surface area (Å²) in [7, 11) is 0. The minimum atomic E-state index is -4.44. The van der Waals surface area contributed by atoms with E-state index in [-0.39, 0.29) is 42.7 Å². The zero-order valence-corrected chi connectivity index (χ0v) is 15.1. The van der Waals surface area contributed by atoms with Crippen molar-refractivity contribution < 1.29 is 27.8 Å². The van der Waals surface area contributed by atoms with Crippen LogP contribution in [0.25, 0.3) is 0 Å². The highest BCUT2D eigenvalue weighted by molar-refractivity contribution is 5.77. The van der Waals surface area contributed by atoms with E-state index in [9.17, 15) is 23.1 Å². The van der Waals surface area contributed by atoms with Crippen LogP contribution in [0.15, 0.2) is 0 Å². The van der Waals surface area contributed by atoms with Crippen LogP contribution in [0, 0.1) is 17.8 Å². The second-order valence-corrected chi connectivity index (χ2v) is 8.48. The number of rotatable bonds is 5. The first-order chi connectivity index (χ1) is 12.1. The van der Waals surface area contributed by atoms with Crippen LogP contribution < -0.4 is 11.1 Å². The number of nitrogens with one attached hydrogen (secondary N) is 1. The van der Waals surface area contributed by atoms with Gasteiger partial charge in [-0.15, -0.1) is 0 Å². The summed E-state index contributed by atoms with van der Waals surface area (Å²) in [6.07, 6.45) is -2.24. The van der Waals surface area contributed by atoms with E-state index in [1.807, 2.05) is 0 Å². The van der Waals surface area contributed by atoms with Crippen LogP contribution >= 0.6 is 0 Å². The summed E-state index contributed by atoms with van der Waals surface area (Å²) in [5.74, 6) is 0.115. The van der Waals surface area contributed by atoms with E-state index < -0.39 is 17.9 Å². The highest BCUT2D eigenvalue weighted by atomic mass is 19.4. The number of amides is 1. The smallest absolute Gasteiger partial charge is 0.391 e. The van der Waals surface area contributed by atoms with Gasteiger partial charge in [0.2, 0.25) is 5.91 Å². The van der Waals surface area contributed by atoms with Crippen molar-refractivity contribution in [3.63, 3.8) is 0 Å². The maximum absolute atomic E-state index is 13.6. The fraction of sp³-hybridized carbons (Fsp3) is 0.944. The first-order valence-corrected chi connectivity index (χ1v) is 9.52. The van der Waals surface area contributed by atoms with E-state index in [1.165, 1.54) is 6.92 Å². The van der Waals surface area contributed by atoms with Crippen LogP contribution in [-0.2, 0) is 9.53 Å². The molecule has 1 saturated heterocycles. The molecule has 1 heterocycles. The molecule has 1 spiro atoms. The third-order valence-electron chi connectivity index (χ3n) is 6.64. The van der Waals surface area contributed by atoms with Crippen molar-refractivity contribution in [2.24, 2.45) is 23.5 Å². The van der Waals surface area contributed by atoms with Gasteiger partial charge in [-0.25, -0.2) is 0 Å². The van der Waals surface area contributed by atoms with E-state index in [4.69, 9.17) is 10.5 Å². The highest BCUT2D eigenvalue weighted by Crippen LogP contribution is 2.59. The monoisotopic (exact) mass is 378 g/mol. The first kappa shape index (κ1) is 19.9. The summed E-state index contributed by atoms with van der Waals surface area (Å²) in [6.45, 7) is 1.85. The van der Waals surface area contributed by atoms with Crippen LogP contribution in [0.5, 0.6) is 0 Å². The number of carbonyl (C=O) groups is 1. The molecule has 5 nitrogen and oxygen atoms in total. The molecule has 0 aromatic carbocycles. The number of ether oxygens (including phenoxy) is 1. The zero-order valence-electron chi connectivity index (χ0n) is 15.1. The molecule has 4 atom stereocenters. The molecule has 3 unspecified atom stereocenters.